The Kier molecular flexibility index (Phi) is 1.44. The van der Waals surface area contributed by atoms with Gasteiger partial charge in [-0.3, -0.25) is 0 Å². The number of benzene rings is 1. The van der Waals surface area contributed by atoms with Gasteiger partial charge in [-0.25, -0.2) is 13.1 Å². The molecule has 0 unspecified atom stereocenters. The zero-order chi connectivity index (χ0) is 11.7. The van der Waals surface area contributed by atoms with Crippen LogP contribution in [-0.4, -0.2) is 15.4 Å². The number of nitrogens with one attached hydrogen (secondary N) is 1. The van der Waals surface area contributed by atoms with E-state index in [0.29, 0.717) is 5.69 Å². The van der Waals surface area contributed by atoms with Gasteiger partial charge in [0, 0.05) is 9.80 Å². The Bertz CT molecular complexity index is 438. The van der Waals surface area contributed by atoms with Gasteiger partial charge in [0.05, 0.1) is 4.90 Å². The van der Waals surface area contributed by atoms with Crippen molar-refractivity contribution in [1.82, 2.24) is 4.72 Å². The third kappa shape index (κ3) is 1.75. The highest BCUT2D eigenvalue weighted by molar-refractivity contribution is 7.89. The van der Waals surface area contributed by atoms with Crippen LogP contribution < -0.4 is 10.5 Å². The number of nitrogens with two attached hydrogens (primary N) is 1. The first-order valence-electron chi connectivity index (χ1n) is 4.60. The molecule has 0 aliphatic rings. The predicted molar refractivity (Wildman–Crippen MR) is 47.1 cm³/mol. The third-order valence-corrected chi connectivity index (χ3v) is 2.49. The van der Waals surface area contributed by atoms with E-state index in [0.717, 1.165) is 0 Å². The molecule has 0 fully saturated rings. The fourth-order valence-electron chi connectivity index (χ4n) is 0.706. The number of sulfonamides is 1. The molecule has 66 valence electrons. The molecule has 0 saturated carbocycles. The zero-order valence-corrected chi connectivity index (χ0v) is 6.93. The lowest BCUT2D eigenvalue weighted by Gasteiger charge is -2.01. The molecule has 1 aromatic rings. The Morgan fingerprint density at radius 1 is 1.42 bits per heavy atom. The minimum atomic E-state index is -4.00. The lowest BCUT2D eigenvalue weighted by Crippen LogP contribution is -2.18. The maximum atomic E-state index is 11.4. The van der Waals surface area contributed by atoms with Gasteiger partial charge in [0.1, 0.15) is 0 Å². The Morgan fingerprint density at radius 3 is 2.50 bits per heavy atom. The van der Waals surface area contributed by atoms with Gasteiger partial charge in [-0.1, -0.05) is 0 Å². The van der Waals surface area contributed by atoms with Crippen LogP contribution >= 0.6 is 0 Å². The largest absolute Gasteiger partial charge is 0.399 e. The molecule has 3 N–H and O–H groups in total. The lowest BCUT2D eigenvalue weighted by molar-refractivity contribution is 0.588. The first kappa shape index (κ1) is 5.55. The maximum Gasteiger partial charge on any atom is 0.240 e. The average molecular weight is 189 g/mol. The van der Waals surface area contributed by atoms with E-state index < -0.39 is 17.0 Å². The highest BCUT2D eigenvalue weighted by Gasteiger charge is 2.09. The van der Waals surface area contributed by atoms with Crippen LogP contribution in [0, 0.1) is 0 Å². The molecule has 1 aromatic carbocycles. The summed E-state index contributed by atoms with van der Waals surface area (Å²) in [5.41, 5.74) is 5.78. The second kappa shape index (κ2) is 3.12. The van der Waals surface area contributed by atoms with Crippen LogP contribution in [0.15, 0.2) is 29.2 Å². The summed E-state index contributed by atoms with van der Waals surface area (Å²) in [5, 5.41) is 0. The molecule has 0 radical (unpaired) electrons. The van der Waals surface area contributed by atoms with E-state index >= 15 is 0 Å². The van der Waals surface area contributed by atoms with Gasteiger partial charge in [0.15, 0.2) is 0 Å². The van der Waals surface area contributed by atoms with E-state index in [1.54, 1.807) is 4.72 Å². The summed E-state index contributed by atoms with van der Waals surface area (Å²) >= 11 is 0. The molecule has 0 bridgehead atoms. The zero-order valence-electron chi connectivity index (χ0n) is 9.11. The van der Waals surface area contributed by atoms with Crippen molar-refractivity contribution in [2.75, 3.05) is 12.7 Å². The molecule has 1 rings (SSSR count). The third-order valence-electron chi connectivity index (χ3n) is 1.32. The van der Waals surface area contributed by atoms with E-state index in [1.807, 2.05) is 0 Å². The molecule has 0 atom stereocenters. The minimum absolute atomic E-state index is 0.132. The second-order valence-electron chi connectivity index (χ2n) is 2.17. The number of nitrogen functional groups attached to an aromatic ring is 1. The van der Waals surface area contributed by atoms with Gasteiger partial charge in [0.25, 0.3) is 0 Å². The molecular formula is C7H10N2O2S. The Hall–Kier alpha value is -1.07. The van der Waals surface area contributed by atoms with E-state index in [9.17, 15) is 8.42 Å². The van der Waals surface area contributed by atoms with Crippen LogP contribution in [0.4, 0.5) is 5.69 Å². The normalized spacial score (nSPS) is 16.2. The van der Waals surface area contributed by atoms with Crippen LogP contribution in [0.1, 0.15) is 4.11 Å². The van der Waals surface area contributed by atoms with Crippen molar-refractivity contribution in [2.45, 2.75) is 4.90 Å². The highest BCUT2D eigenvalue weighted by atomic mass is 32.2. The van der Waals surface area contributed by atoms with E-state index in [2.05, 4.69) is 0 Å². The molecule has 4 nitrogen and oxygen atoms in total. The van der Waals surface area contributed by atoms with Crippen LogP contribution in [0.5, 0.6) is 0 Å². The summed E-state index contributed by atoms with van der Waals surface area (Å²) in [7, 11) is -4.00. The molecule has 0 aromatic heterocycles. The first-order chi connectivity index (χ1) is 6.71. The molecule has 0 saturated heterocycles. The number of hydrogen-bond acceptors (Lipinski definition) is 3. The van der Waals surface area contributed by atoms with Gasteiger partial charge in [-0.05, 0) is 31.2 Å². The molecule has 0 spiro atoms. The number of rotatable bonds is 2. The van der Waals surface area contributed by atoms with E-state index in [-0.39, 0.29) is 4.90 Å². The Morgan fingerprint density at radius 2 is 2.00 bits per heavy atom. The van der Waals surface area contributed by atoms with Crippen molar-refractivity contribution in [2.24, 2.45) is 0 Å². The van der Waals surface area contributed by atoms with Gasteiger partial charge in [-0.15, -0.1) is 0 Å². The van der Waals surface area contributed by atoms with Crippen molar-refractivity contribution in [3.8, 4) is 0 Å². The summed E-state index contributed by atoms with van der Waals surface area (Å²) in [6.07, 6.45) is 0. The van der Waals surface area contributed by atoms with Crippen LogP contribution in [0.25, 0.3) is 0 Å². The Labute approximate surface area is 75.7 Å². The standard InChI is InChI=1S/C7H10N2O2S/c1-9-12(10,11)7-4-2-6(8)3-5-7/h2-5,9H,8H2,1H3/i1D3. The molecule has 0 heterocycles. The van der Waals surface area contributed by atoms with Crippen molar-refractivity contribution in [3.05, 3.63) is 24.3 Å². The summed E-state index contributed by atoms with van der Waals surface area (Å²) in [6.45, 7) is -2.74. The molecule has 12 heavy (non-hydrogen) atoms. The quantitative estimate of drug-likeness (QED) is 0.652. The minimum Gasteiger partial charge on any atom is -0.399 e. The fourth-order valence-corrected chi connectivity index (χ4v) is 1.32. The van der Waals surface area contributed by atoms with Gasteiger partial charge >= 0.3 is 0 Å². The topological polar surface area (TPSA) is 72.2 Å². The summed E-state index contributed by atoms with van der Waals surface area (Å²) in [6, 6.07) is 5.25. The van der Waals surface area contributed by atoms with Crippen molar-refractivity contribution >= 4 is 15.7 Å². The lowest BCUT2D eigenvalue weighted by atomic mass is 10.3. The fraction of sp³-hybridized carbons (Fsp3) is 0.143. The van der Waals surface area contributed by atoms with Crippen LogP contribution in [0.3, 0.4) is 0 Å². The van der Waals surface area contributed by atoms with Gasteiger partial charge < -0.3 is 5.73 Å². The molecular weight excluding hydrogens is 176 g/mol. The van der Waals surface area contributed by atoms with Crippen molar-refractivity contribution in [1.29, 1.82) is 0 Å². The van der Waals surface area contributed by atoms with Gasteiger partial charge in [0.2, 0.25) is 10.0 Å². The summed E-state index contributed by atoms with van der Waals surface area (Å²) in [4.78, 5) is -0.132. The molecule has 5 heteroatoms. The smallest absolute Gasteiger partial charge is 0.240 e. The van der Waals surface area contributed by atoms with Crippen LogP contribution in [-0.2, 0) is 10.0 Å². The summed E-state index contributed by atoms with van der Waals surface area (Å²) in [5.74, 6) is 0. The molecule has 0 amide bonds. The predicted octanol–water partition coefficient (Wildman–Crippen LogP) is 0.177. The highest BCUT2D eigenvalue weighted by Crippen LogP contribution is 2.10. The Balaban J connectivity index is 3.02. The number of anilines is 1. The molecule has 0 aliphatic heterocycles. The van der Waals surface area contributed by atoms with Crippen LogP contribution in [0.2, 0.25) is 0 Å². The number of hydrogen-bond donors (Lipinski definition) is 2. The first-order valence-corrected chi connectivity index (χ1v) is 4.58. The van der Waals surface area contributed by atoms with E-state index in [1.165, 1.54) is 24.3 Å². The van der Waals surface area contributed by atoms with Crippen molar-refractivity contribution in [3.63, 3.8) is 0 Å². The van der Waals surface area contributed by atoms with Gasteiger partial charge in [-0.2, -0.15) is 0 Å². The van der Waals surface area contributed by atoms with Crippen molar-refractivity contribution < 1.29 is 12.5 Å². The average Bonchev–Trinajstić information content (AvgIpc) is 2.00. The second-order valence-corrected chi connectivity index (χ2v) is 3.86. The monoisotopic (exact) mass is 189 g/mol. The maximum absolute atomic E-state index is 11.4. The SMILES string of the molecule is [2H]C([2H])([2H])NS(=O)(=O)c1ccc(N)cc1. The molecule has 0 aliphatic carbocycles. The summed E-state index contributed by atoms with van der Waals surface area (Å²) < 4.78 is 44.8. The van der Waals surface area contributed by atoms with E-state index in [4.69, 9.17) is 9.85 Å².